The Kier molecular flexibility index (Phi) is 5.28. The number of anilines is 3. The zero-order chi connectivity index (χ0) is 19.5. The van der Waals surface area contributed by atoms with Gasteiger partial charge in [0.05, 0.1) is 17.3 Å². The standard InChI is InChI=1S/C22H24FN3O2/c23-17-9-10-20(25-11-5-2-6-12-25)19(14-17)24-22(28)16-13-21(27)26(15-16)18-7-3-1-4-8-18/h1,3-4,7-10,14,16H,2,5-6,11-13,15H2,(H,24,28). The number of hydrogen-bond acceptors (Lipinski definition) is 3. The maximum absolute atomic E-state index is 13.9. The summed E-state index contributed by atoms with van der Waals surface area (Å²) < 4.78 is 13.9. The number of nitrogens with zero attached hydrogens (tertiary/aromatic N) is 2. The van der Waals surface area contributed by atoms with Crippen LogP contribution < -0.4 is 15.1 Å². The van der Waals surface area contributed by atoms with Crippen LogP contribution in [0.25, 0.3) is 0 Å². The van der Waals surface area contributed by atoms with Gasteiger partial charge in [-0.15, -0.1) is 0 Å². The zero-order valence-electron chi connectivity index (χ0n) is 15.7. The van der Waals surface area contributed by atoms with E-state index in [9.17, 15) is 14.0 Å². The lowest BCUT2D eigenvalue weighted by molar-refractivity contribution is -0.122. The van der Waals surface area contributed by atoms with Crippen molar-refractivity contribution in [2.24, 2.45) is 5.92 Å². The molecule has 0 spiro atoms. The summed E-state index contributed by atoms with van der Waals surface area (Å²) in [5.74, 6) is -1.15. The average Bonchev–Trinajstić information content (AvgIpc) is 3.11. The van der Waals surface area contributed by atoms with Crippen LogP contribution in [0.3, 0.4) is 0 Å². The van der Waals surface area contributed by atoms with Crippen molar-refractivity contribution in [2.75, 3.05) is 34.8 Å². The van der Waals surface area contributed by atoms with E-state index in [4.69, 9.17) is 0 Å². The first-order chi connectivity index (χ1) is 13.6. The lowest BCUT2D eigenvalue weighted by atomic mass is 10.1. The second-order valence-corrected chi connectivity index (χ2v) is 7.44. The van der Waals surface area contributed by atoms with Crippen LogP contribution in [0.2, 0.25) is 0 Å². The molecule has 0 aliphatic carbocycles. The minimum Gasteiger partial charge on any atom is -0.370 e. The number of amides is 2. The normalized spacial score (nSPS) is 19.8. The maximum Gasteiger partial charge on any atom is 0.229 e. The summed E-state index contributed by atoms with van der Waals surface area (Å²) in [6.07, 6.45) is 3.54. The second kappa shape index (κ2) is 8.00. The maximum atomic E-state index is 13.9. The summed E-state index contributed by atoms with van der Waals surface area (Å²) in [6, 6.07) is 13.9. The van der Waals surface area contributed by atoms with Crippen molar-refractivity contribution in [1.29, 1.82) is 0 Å². The Morgan fingerprint density at radius 2 is 1.79 bits per heavy atom. The van der Waals surface area contributed by atoms with Gasteiger partial charge >= 0.3 is 0 Å². The number of nitrogens with one attached hydrogen (secondary N) is 1. The highest BCUT2D eigenvalue weighted by molar-refractivity contribution is 6.04. The third-order valence-corrected chi connectivity index (χ3v) is 5.48. The van der Waals surface area contributed by atoms with Gasteiger partial charge in [-0.2, -0.15) is 0 Å². The molecule has 1 unspecified atom stereocenters. The summed E-state index contributed by atoms with van der Waals surface area (Å²) in [4.78, 5) is 29.1. The molecule has 2 aromatic carbocycles. The predicted molar refractivity (Wildman–Crippen MR) is 108 cm³/mol. The molecule has 0 aromatic heterocycles. The number of benzene rings is 2. The van der Waals surface area contributed by atoms with Crippen LogP contribution in [0, 0.1) is 11.7 Å². The third kappa shape index (κ3) is 3.86. The summed E-state index contributed by atoms with van der Waals surface area (Å²) in [6.45, 7) is 2.14. The van der Waals surface area contributed by atoms with Crippen molar-refractivity contribution in [1.82, 2.24) is 0 Å². The van der Waals surface area contributed by atoms with E-state index in [-0.39, 0.29) is 24.1 Å². The highest BCUT2D eigenvalue weighted by Gasteiger charge is 2.35. The van der Waals surface area contributed by atoms with Crippen LogP contribution in [-0.4, -0.2) is 31.4 Å². The van der Waals surface area contributed by atoms with Crippen LogP contribution in [0.4, 0.5) is 21.5 Å². The molecule has 0 radical (unpaired) electrons. The third-order valence-electron chi connectivity index (χ3n) is 5.48. The van der Waals surface area contributed by atoms with Gasteiger partial charge in [-0.05, 0) is 49.6 Å². The van der Waals surface area contributed by atoms with Gasteiger partial charge in [-0.3, -0.25) is 9.59 Å². The summed E-state index contributed by atoms with van der Waals surface area (Å²) in [5, 5.41) is 2.88. The van der Waals surface area contributed by atoms with Crippen molar-refractivity contribution < 1.29 is 14.0 Å². The molecule has 2 amide bonds. The Bertz CT molecular complexity index is 865. The summed E-state index contributed by atoms with van der Waals surface area (Å²) >= 11 is 0. The van der Waals surface area contributed by atoms with E-state index in [1.165, 1.54) is 18.6 Å². The first kappa shape index (κ1) is 18.5. The van der Waals surface area contributed by atoms with Crippen LogP contribution in [0.1, 0.15) is 25.7 Å². The van der Waals surface area contributed by atoms with E-state index in [0.29, 0.717) is 12.2 Å². The number of halogens is 1. The van der Waals surface area contributed by atoms with Gasteiger partial charge < -0.3 is 15.1 Å². The fourth-order valence-corrected chi connectivity index (χ4v) is 3.99. The topological polar surface area (TPSA) is 52.7 Å². The summed E-state index contributed by atoms with van der Waals surface area (Å²) in [5.41, 5.74) is 2.12. The number of carbonyl (C=O) groups is 2. The smallest absolute Gasteiger partial charge is 0.229 e. The molecule has 2 heterocycles. The Balaban J connectivity index is 1.49. The molecule has 2 aliphatic rings. The lowest BCUT2D eigenvalue weighted by Crippen LogP contribution is -2.32. The molecule has 4 rings (SSSR count). The van der Waals surface area contributed by atoms with Crippen LogP contribution in [0.5, 0.6) is 0 Å². The minimum absolute atomic E-state index is 0.0677. The molecule has 1 atom stereocenters. The first-order valence-electron chi connectivity index (χ1n) is 9.82. The first-order valence-corrected chi connectivity index (χ1v) is 9.82. The highest BCUT2D eigenvalue weighted by Crippen LogP contribution is 2.31. The Hall–Kier alpha value is -2.89. The molecule has 0 bridgehead atoms. The Labute approximate surface area is 164 Å². The Morgan fingerprint density at radius 3 is 2.54 bits per heavy atom. The Morgan fingerprint density at radius 1 is 1.04 bits per heavy atom. The van der Waals surface area contributed by atoms with Crippen LogP contribution in [0.15, 0.2) is 48.5 Å². The van der Waals surface area contributed by atoms with Gasteiger partial charge in [0.2, 0.25) is 11.8 Å². The minimum atomic E-state index is -0.454. The molecule has 0 saturated carbocycles. The molecule has 5 nitrogen and oxygen atoms in total. The zero-order valence-corrected chi connectivity index (χ0v) is 15.7. The number of para-hydroxylation sites is 1. The van der Waals surface area contributed by atoms with Crippen molar-refractivity contribution in [3.8, 4) is 0 Å². The van der Waals surface area contributed by atoms with E-state index in [1.807, 2.05) is 30.3 Å². The quantitative estimate of drug-likeness (QED) is 0.876. The fraction of sp³-hybridized carbons (Fsp3) is 0.364. The SMILES string of the molecule is O=C(Nc1cc(F)ccc1N1CCCCC1)C1CC(=O)N(c2ccccc2)C1. The van der Waals surface area contributed by atoms with E-state index >= 15 is 0 Å². The molecule has 28 heavy (non-hydrogen) atoms. The largest absolute Gasteiger partial charge is 0.370 e. The van der Waals surface area contributed by atoms with Gasteiger partial charge in [0.25, 0.3) is 0 Å². The van der Waals surface area contributed by atoms with Crippen molar-refractivity contribution in [2.45, 2.75) is 25.7 Å². The molecule has 6 heteroatoms. The molecule has 2 saturated heterocycles. The number of piperidine rings is 1. The van der Waals surface area contributed by atoms with Crippen molar-refractivity contribution in [3.05, 3.63) is 54.3 Å². The van der Waals surface area contributed by atoms with Gasteiger partial charge in [-0.25, -0.2) is 4.39 Å². The molecule has 2 fully saturated rings. The van der Waals surface area contributed by atoms with E-state index in [0.717, 1.165) is 37.3 Å². The highest BCUT2D eigenvalue weighted by atomic mass is 19.1. The monoisotopic (exact) mass is 381 g/mol. The van der Waals surface area contributed by atoms with Crippen molar-refractivity contribution in [3.63, 3.8) is 0 Å². The van der Waals surface area contributed by atoms with E-state index in [2.05, 4.69) is 10.2 Å². The van der Waals surface area contributed by atoms with Crippen LogP contribution in [-0.2, 0) is 9.59 Å². The van der Waals surface area contributed by atoms with Crippen LogP contribution >= 0.6 is 0 Å². The van der Waals surface area contributed by atoms with Gasteiger partial charge in [0.1, 0.15) is 5.82 Å². The van der Waals surface area contributed by atoms with Gasteiger partial charge in [-0.1, -0.05) is 18.2 Å². The molecule has 1 N–H and O–H groups in total. The number of rotatable bonds is 4. The molecule has 2 aliphatic heterocycles. The molecular formula is C22H24FN3O2. The van der Waals surface area contributed by atoms with E-state index in [1.54, 1.807) is 11.0 Å². The van der Waals surface area contributed by atoms with Gasteiger partial charge in [0.15, 0.2) is 0 Å². The predicted octanol–water partition coefficient (Wildman–Crippen LogP) is 3.81. The molecular weight excluding hydrogens is 357 g/mol. The summed E-state index contributed by atoms with van der Waals surface area (Å²) in [7, 11) is 0. The second-order valence-electron chi connectivity index (χ2n) is 7.44. The average molecular weight is 381 g/mol. The fourth-order valence-electron chi connectivity index (χ4n) is 3.99. The number of carbonyl (C=O) groups excluding carboxylic acids is 2. The van der Waals surface area contributed by atoms with Crippen molar-refractivity contribution >= 4 is 28.9 Å². The number of hydrogen-bond donors (Lipinski definition) is 1. The molecule has 2 aromatic rings. The lowest BCUT2D eigenvalue weighted by Gasteiger charge is -2.30. The van der Waals surface area contributed by atoms with E-state index < -0.39 is 5.92 Å². The van der Waals surface area contributed by atoms with Gasteiger partial charge in [0, 0.05) is 31.7 Å². The molecule has 146 valence electrons.